The van der Waals surface area contributed by atoms with Crippen LogP contribution in [0.1, 0.15) is 66.2 Å². The van der Waals surface area contributed by atoms with E-state index in [0.717, 1.165) is 6.42 Å². The van der Waals surface area contributed by atoms with Crippen LogP contribution in [0.2, 0.25) is 0 Å². The molecule has 4 heteroatoms. The highest BCUT2D eigenvalue weighted by molar-refractivity contribution is 5.79. The lowest BCUT2D eigenvalue weighted by Gasteiger charge is -2.23. The highest BCUT2D eigenvalue weighted by Gasteiger charge is 2.29. The quantitative estimate of drug-likeness (QED) is 0.464. The van der Waals surface area contributed by atoms with Crippen molar-refractivity contribution in [3.8, 4) is 0 Å². The van der Waals surface area contributed by atoms with E-state index in [1.807, 2.05) is 0 Å². The molecular weight excluding hydrogens is 242 g/mol. The average Bonchev–Trinajstić information content (AvgIpc) is 2.34. The van der Waals surface area contributed by atoms with Gasteiger partial charge < -0.3 is 15.2 Å². The van der Waals surface area contributed by atoms with Gasteiger partial charge >= 0.3 is 5.97 Å². The highest BCUT2D eigenvalue weighted by Crippen LogP contribution is 2.12. The molecule has 0 aromatic rings. The summed E-state index contributed by atoms with van der Waals surface area (Å²) in [5.41, 5.74) is 4.97. The van der Waals surface area contributed by atoms with Gasteiger partial charge in [-0.2, -0.15) is 0 Å². The molecule has 0 fully saturated rings. The van der Waals surface area contributed by atoms with E-state index in [1.165, 1.54) is 25.7 Å². The Kier molecular flexibility index (Phi) is 9.88. The fraction of sp³-hybridized carbons (Fsp3) is 0.933. The topological polar surface area (TPSA) is 61.5 Å². The molecule has 0 aliphatic heterocycles. The number of carbonyl (C=O) groups is 1. The van der Waals surface area contributed by atoms with E-state index in [2.05, 4.69) is 13.8 Å². The molecule has 0 spiro atoms. The molecule has 2 unspecified atom stereocenters. The van der Waals surface area contributed by atoms with E-state index in [1.54, 1.807) is 13.8 Å². The third kappa shape index (κ3) is 9.00. The number of hydrogen-bond donors (Lipinski definition) is 1. The SMILES string of the molecule is CCCCCCC(C)OCCC(C)(N)C(=O)OCC. The zero-order valence-electron chi connectivity index (χ0n) is 13.0. The van der Waals surface area contributed by atoms with E-state index in [4.69, 9.17) is 15.2 Å². The Morgan fingerprint density at radius 2 is 1.95 bits per heavy atom. The van der Waals surface area contributed by atoms with Crippen LogP contribution in [0, 0.1) is 0 Å². The zero-order chi connectivity index (χ0) is 14.7. The Hall–Kier alpha value is -0.610. The van der Waals surface area contributed by atoms with Gasteiger partial charge in [-0.1, -0.05) is 32.6 Å². The van der Waals surface area contributed by atoms with E-state index < -0.39 is 5.54 Å². The van der Waals surface area contributed by atoms with Crippen LogP contribution in [-0.2, 0) is 14.3 Å². The van der Waals surface area contributed by atoms with E-state index in [9.17, 15) is 4.79 Å². The number of nitrogens with two attached hydrogens (primary N) is 1. The second-order valence-corrected chi connectivity index (χ2v) is 5.42. The van der Waals surface area contributed by atoms with Crippen LogP contribution in [0.25, 0.3) is 0 Å². The molecule has 0 saturated heterocycles. The van der Waals surface area contributed by atoms with E-state index in [0.29, 0.717) is 19.6 Å². The lowest BCUT2D eigenvalue weighted by Crippen LogP contribution is -2.47. The Morgan fingerprint density at radius 3 is 2.53 bits per heavy atom. The predicted molar refractivity (Wildman–Crippen MR) is 78.0 cm³/mol. The van der Waals surface area contributed by atoms with Gasteiger partial charge in [-0.15, -0.1) is 0 Å². The Morgan fingerprint density at radius 1 is 1.26 bits per heavy atom. The molecule has 0 heterocycles. The number of rotatable bonds is 11. The second-order valence-electron chi connectivity index (χ2n) is 5.42. The number of hydrogen-bond acceptors (Lipinski definition) is 4. The summed E-state index contributed by atoms with van der Waals surface area (Å²) in [4.78, 5) is 11.6. The molecule has 0 aromatic carbocycles. The first-order valence-corrected chi connectivity index (χ1v) is 7.51. The Labute approximate surface area is 118 Å². The van der Waals surface area contributed by atoms with Crippen LogP contribution in [0.3, 0.4) is 0 Å². The average molecular weight is 273 g/mol. The largest absolute Gasteiger partial charge is 0.465 e. The van der Waals surface area contributed by atoms with Crippen molar-refractivity contribution in [2.24, 2.45) is 5.73 Å². The molecule has 0 amide bonds. The third-order valence-electron chi connectivity index (χ3n) is 3.23. The van der Waals surface area contributed by atoms with Gasteiger partial charge in [0.05, 0.1) is 12.7 Å². The van der Waals surface area contributed by atoms with Crippen LogP contribution < -0.4 is 5.73 Å². The maximum absolute atomic E-state index is 11.6. The fourth-order valence-corrected chi connectivity index (χ4v) is 1.81. The van der Waals surface area contributed by atoms with Crippen molar-refractivity contribution in [2.75, 3.05) is 13.2 Å². The predicted octanol–water partition coefficient (Wildman–Crippen LogP) is 3.03. The van der Waals surface area contributed by atoms with Gasteiger partial charge in [0.2, 0.25) is 0 Å². The summed E-state index contributed by atoms with van der Waals surface area (Å²) in [7, 11) is 0. The minimum absolute atomic E-state index is 0.231. The summed E-state index contributed by atoms with van der Waals surface area (Å²) < 4.78 is 10.6. The van der Waals surface area contributed by atoms with E-state index in [-0.39, 0.29) is 12.1 Å². The van der Waals surface area contributed by atoms with Crippen molar-refractivity contribution in [2.45, 2.75) is 77.9 Å². The van der Waals surface area contributed by atoms with Crippen LogP contribution in [0.15, 0.2) is 0 Å². The minimum atomic E-state index is -0.946. The minimum Gasteiger partial charge on any atom is -0.465 e. The first-order chi connectivity index (χ1) is 8.94. The van der Waals surface area contributed by atoms with Crippen molar-refractivity contribution in [1.82, 2.24) is 0 Å². The van der Waals surface area contributed by atoms with Crippen LogP contribution in [-0.4, -0.2) is 30.8 Å². The normalized spacial score (nSPS) is 15.8. The Bertz CT molecular complexity index is 242. The number of ether oxygens (including phenoxy) is 2. The molecule has 0 aliphatic carbocycles. The van der Waals surface area contributed by atoms with Gasteiger partial charge in [-0.25, -0.2) is 0 Å². The first-order valence-electron chi connectivity index (χ1n) is 7.51. The molecule has 0 aliphatic rings. The summed E-state index contributed by atoms with van der Waals surface area (Å²) in [5.74, 6) is -0.353. The van der Waals surface area contributed by atoms with Gasteiger partial charge in [-0.3, -0.25) is 4.79 Å². The maximum Gasteiger partial charge on any atom is 0.325 e. The van der Waals surface area contributed by atoms with Gasteiger partial charge in [0.15, 0.2) is 0 Å². The molecule has 2 atom stereocenters. The molecule has 2 N–H and O–H groups in total. The summed E-state index contributed by atoms with van der Waals surface area (Å²) in [6, 6.07) is 0. The standard InChI is InChI=1S/C15H31NO3/c1-5-7-8-9-10-13(3)19-12-11-15(4,16)14(17)18-6-2/h13H,5-12,16H2,1-4H3. The number of unbranched alkanes of at least 4 members (excludes halogenated alkanes) is 3. The van der Waals surface area contributed by atoms with Crippen molar-refractivity contribution in [3.05, 3.63) is 0 Å². The summed E-state index contributed by atoms with van der Waals surface area (Å²) in [5, 5.41) is 0. The summed E-state index contributed by atoms with van der Waals surface area (Å²) >= 11 is 0. The van der Waals surface area contributed by atoms with Crippen LogP contribution >= 0.6 is 0 Å². The van der Waals surface area contributed by atoms with Crippen molar-refractivity contribution in [1.29, 1.82) is 0 Å². The third-order valence-corrected chi connectivity index (χ3v) is 3.23. The first kappa shape index (κ1) is 18.4. The maximum atomic E-state index is 11.6. The summed E-state index contributed by atoms with van der Waals surface area (Å²) in [6.45, 7) is 8.62. The van der Waals surface area contributed by atoms with Gasteiger partial charge in [0, 0.05) is 6.61 Å². The lowest BCUT2D eigenvalue weighted by atomic mass is 10.0. The molecule has 0 aromatic heterocycles. The summed E-state index contributed by atoms with van der Waals surface area (Å²) in [6.07, 6.45) is 6.80. The van der Waals surface area contributed by atoms with Gasteiger partial charge in [-0.05, 0) is 33.6 Å². The van der Waals surface area contributed by atoms with Crippen molar-refractivity contribution >= 4 is 5.97 Å². The number of carbonyl (C=O) groups excluding carboxylic acids is 1. The van der Waals surface area contributed by atoms with Gasteiger partial charge in [0.25, 0.3) is 0 Å². The zero-order valence-corrected chi connectivity index (χ0v) is 13.0. The van der Waals surface area contributed by atoms with E-state index >= 15 is 0 Å². The molecule has 0 rings (SSSR count). The molecule has 19 heavy (non-hydrogen) atoms. The fourth-order valence-electron chi connectivity index (χ4n) is 1.81. The van der Waals surface area contributed by atoms with Gasteiger partial charge in [0.1, 0.15) is 5.54 Å². The molecule has 4 nitrogen and oxygen atoms in total. The molecular formula is C15H31NO3. The van der Waals surface area contributed by atoms with Crippen molar-refractivity contribution < 1.29 is 14.3 Å². The van der Waals surface area contributed by atoms with Crippen molar-refractivity contribution in [3.63, 3.8) is 0 Å². The molecule has 0 saturated carbocycles. The highest BCUT2D eigenvalue weighted by atomic mass is 16.5. The second kappa shape index (κ2) is 10.2. The smallest absolute Gasteiger partial charge is 0.325 e. The monoisotopic (exact) mass is 273 g/mol. The lowest BCUT2D eigenvalue weighted by molar-refractivity contribution is -0.149. The molecule has 114 valence electrons. The number of esters is 1. The molecule has 0 bridgehead atoms. The molecule has 0 radical (unpaired) electrons. The van der Waals surface area contributed by atoms with Crippen LogP contribution in [0.4, 0.5) is 0 Å². The van der Waals surface area contributed by atoms with Crippen LogP contribution in [0.5, 0.6) is 0 Å². The Balaban J connectivity index is 3.73.